The fourth-order valence-corrected chi connectivity index (χ4v) is 9.97. The highest BCUT2D eigenvalue weighted by molar-refractivity contribution is 7.89. The second-order valence-corrected chi connectivity index (χ2v) is 16.3. The first-order valence-electron chi connectivity index (χ1n) is 15.3. The van der Waals surface area contributed by atoms with Crippen LogP contribution in [-0.4, -0.2) is 72.6 Å². The van der Waals surface area contributed by atoms with Crippen molar-refractivity contribution >= 4 is 27.4 Å². The first kappa shape index (κ1) is 29.4. The molecule has 3 atom stereocenters. The number of amides is 1. The molecule has 1 aliphatic heterocycles. The summed E-state index contributed by atoms with van der Waals surface area (Å²) in [5.74, 6) is 1.85. The van der Waals surface area contributed by atoms with Gasteiger partial charge in [0.2, 0.25) is 10.0 Å². The molecule has 5 fully saturated rings. The molecule has 4 saturated carbocycles. The Bertz CT molecular complexity index is 1450. The summed E-state index contributed by atoms with van der Waals surface area (Å²) in [6.45, 7) is 9.95. The molecule has 1 amide bonds. The van der Waals surface area contributed by atoms with E-state index in [4.69, 9.17) is 10.7 Å². The number of rotatable bonds is 6. The van der Waals surface area contributed by atoms with Crippen LogP contribution in [0.15, 0.2) is 41.3 Å². The Morgan fingerprint density at radius 1 is 1.05 bits per heavy atom. The Kier molecular flexibility index (Phi) is 7.14. The zero-order valence-electron chi connectivity index (χ0n) is 25.5. The molecule has 2 unspecified atom stereocenters. The maximum atomic E-state index is 13.1. The van der Waals surface area contributed by atoms with Crippen LogP contribution in [0, 0.1) is 17.8 Å². The molecule has 5 aliphatic rings. The molecule has 0 spiro atoms. The lowest BCUT2D eigenvalue weighted by Crippen LogP contribution is -2.54. The van der Waals surface area contributed by atoms with Gasteiger partial charge in [0.05, 0.1) is 10.5 Å². The number of sulfonamides is 1. The monoisotopic (exact) mass is 595 g/mol. The Labute approximate surface area is 250 Å². The average Bonchev–Trinajstić information content (AvgIpc) is 2.91. The summed E-state index contributed by atoms with van der Waals surface area (Å²) in [4.78, 5) is 22.3. The maximum absolute atomic E-state index is 13.1. The van der Waals surface area contributed by atoms with Crippen LogP contribution in [0.2, 0.25) is 0 Å². The van der Waals surface area contributed by atoms with Crippen molar-refractivity contribution in [1.29, 1.82) is 0 Å². The number of pyridine rings is 1. The highest BCUT2D eigenvalue weighted by Crippen LogP contribution is 2.61. The first-order valence-corrected chi connectivity index (χ1v) is 16.7. The van der Waals surface area contributed by atoms with Crippen molar-refractivity contribution in [2.45, 2.75) is 87.8 Å². The highest BCUT2D eigenvalue weighted by Gasteiger charge is 2.55. The Balaban J connectivity index is 1.18. The number of aromatic nitrogens is 1. The number of aliphatic hydroxyl groups is 1. The predicted molar refractivity (Wildman–Crippen MR) is 164 cm³/mol. The molecule has 2 aromatic rings. The van der Waals surface area contributed by atoms with E-state index < -0.39 is 27.1 Å². The SMILES string of the molecule is C[C@@H]1CN(c2ccc(S(=O)(=O)N(C)C(C)(C)C)cc2)CCN1c1ccc(C2C3CC4CC2CC(O)(C4)C3)c(C(N)=O)n1. The third-order valence-electron chi connectivity index (χ3n) is 10.5. The molecular formula is C32H45N5O4S. The van der Waals surface area contributed by atoms with Gasteiger partial charge in [-0.2, -0.15) is 4.31 Å². The van der Waals surface area contributed by atoms with E-state index in [-0.39, 0.29) is 16.9 Å². The van der Waals surface area contributed by atoms with Crippen LogP contribution < -0.4 is 15.5 Å². The van der Waals surface area contributed by atoms with Gasteiger partial charge < -0.3 is 20.6 Å². The highest BCUT2D eigenvalue weighted by atomic mass is 32.2. The van der Waals surface area contributed by atoms with Gasteiger partial charge in [0.15, 0.2) is 0 Å². The van der Waals surface area contributed by atoms with Gasteiger partial charge in [-0.15, -0.1) is 0 Å². The number of hydrogen-bond donors (Lipinski definition) is 2. The third kappa shape index (κ3) is 5.09. The number of carbonyl (C=O) groups excluding carboxylic acids is 1. The molecule has 1 aromatic heterocycles. The smallest absolute Gasteiger partial charge is 0.267 e. The van der Waals surface area contributed by atoms with E-state index in [9.17, 15) is 18.3 Å². The van der Waals surface area contributed by atoms with E-state index in [2.05, 4.69) is 22.8 Å². The van der Waals surface area contributed by atoms with E-state index in [1.165, 1.54) is 4.31 Å². The molecule has 1 aromatic carbocycles. The number of benzene rings is 1. The summed E-state index contributed by atoms with van der Waals surface area (Å²) in [6, 6.07) is 11.4. The van der Waals surface area contributed by atoms with Gasteiger partial charge in [0, 0.05) is 44.0 Å². The molecule has 4 aliphatic carbocycles. The molecule has 42 heavy (non-hydrogen) atoms. The summed E-state index contributed by atoms with van der Waals surface area (Å²) in [7, 11) is -1.97. The maximum Gasteiger partial charge on any atom is 0.267 e. The summed E-state index contributed by atoms with van der Waals surface area (Å²) in [5, 5.41) is 11.0. The molecule has 1 saturated heterocycles. The van der Waals surface area contributed by atoms with Gasteiger partial charge in [0.25, 0.3) is 5.91 Å². The predicted octanol–water partition coefficient (Wildman–Crippen LogP) is 3.97. The number of piperazine rings is 1. The van der Waals surface area contributed by atoms with E-state index in [0.29, 0.717) is 30.0 Å². The zero-order valence-corrected chi connectivity index (χ0v) is 26.3. The van der Waals surface area contributed by atoms with Crippen molar-refractivity contribution in [3.8, 4) is 0 Å². The molecule has 228 valence electrons. The minimum Gasteiger partial charge on any atom is -0.390 e. The van der Waals surface area contributed by atoms with Crippen LogP contribution in [-0.2, 0) is 10.0 Å². The van der Waals surface area contributed by atoms with Crippen LogP contribution in [0.4, 0.5) is 11.5 Å². The minimum absolute atomic E-state index is 0.115. The summed E-state index contributed by atoms with van der Waals surface area (Å²) >= 11 is 0. The number of nitrogens with zero attached hydrogens (tertiary/aromatic N) is 4. The number of anilines is 2. The van der Waals surface area contributed by atoms with Gasteiger partial charge in [-0.25, -0.2) is 13.4 Å². The second kappa shape index (κ2) is 10.2. The Morgan fingerprint density at radius 3 is 2.24 bits per heavy atom. The van der Waals surface area contributed by atoms with Crippen LogP contribution in [0.3, 0.4) is 0 Å². The Hall–Kier alpha value is -2.69. The number of carbonyl (C=O) groups is 1. The van der Waals surface area contributed by atoms with Crippen LogP contribution >= 0.6 is 0 Å². The molecule has 9 nitrogen and oxygen atoms in total. The van der Waals surface area contributed by atoms with E-state index >= 15 is 0 Å². The largest absolute Gasteiger partial charge is 0.390 e. The van der Waals surface area contributed by atoms with Gasteiger partial charge in [-0.3, -0.25) is 4.79 Å². The van der Waals surface area contributed by atoms with Crippen molar-refractivity contribution in [1.82, 2.24) is 9.29 Å². The number of primary amides is 1. The summed E-state index contributed by atoms with van der Waals surface area (Å²) in [5.41, 5.74) is 7.20. The fraction of sp³-hybridized carbons (Fsp3) is 0.625. The lowest BCUT2D eigenvalue weighted by molar-refractivity contribution is -0.134. The topological polar surface area (TPSA) is 120 Å². The second-order valence-electron chi connectivity index (χ2n) is 14.3. The zero-order chi connectivity index (χ0) is 30.2. The van der Waals surface area contributed by atoms with Crippen LogP contribution in [0.25, 0.3) is 0 Å². The number of nitrogens with two attached hydrogens (primary N) is 1. The molecule has 2 heterocycles. The lowest BCUT2D eigenvalue weighted by atomic mass is 9.49. The Morgan fingerprint density at radius 2 is 1.69 bits per heavy atom. The fourth-order valence-electron chi connectivity index (χ4n) is 8.46. The lowest BCUT2D eigenvalue weighted by Gasteiger charge is -2.58. The third-order valence-corrected chi connectivity index (χ3v) is 12.6. The first-order chi connectivity index (χ1) is 19.7. The molecule has 4 bridgehead atoms. The molecule has 10 heteroatoms. The van der Waals surface area contributed by atoms with Gasteiger partial charge in [0.1, 0.15) is 11.5 Å². The quantitative estimate of drug-likeness (QED) is 0.519. The van der Waals surface area contributed by atoms with Gasteiger partial charge >= 0.3 is 0 Å². The molecular weight excluding hydrogens is 550 g/mol. The van der Waals surface area contributed by atoms with Crippen molar-refractivity contribution in [3.05, 3.63) is 47.7 Å². The van der Waals surface area contributed by atoms with Crippen molar-refractivity contribution in [3.63, 3.8) is 0 Å². The van der Waals surface area contributed by atoms with Gasteiger partial charge in [-0.05, 0) is 119 Å². The van der Waals surface area contributed by atoms with E-state index in [1.54, 1.807) is 19.2 Å². The summed E-state index contributed by atoms with van der Waals surface area (Å²) < 4.78 is 27.5. The van der Waals surface area contributed by atoms with Crippen molar-refractivity contribution in [2.75, 3.05) is 36.5 Å². The van der Waals surface area contributed by atoms with Crippen LogP contribution in [0.1, 0.15) is 81.8 Å². The van der Waals surface area contributed by atoms with Gasteiger partial charge in [-0.1, -0.05) is 6.07 Å². The minimum atomic E-state index is -3.58. The van der Waals surface area contributed by atoms with E-state index in [1.807, 2.05) is 39.0 Å². The number of hydrogen-bond acceptors (Lipinski definition) is 7. The molecule has 0 radical (unpaired) electrons. The van der Waals surface area contributed by atoms with Crippen LogP contribution in [0.5, 0.6) is 0 Å². The van der Waals surface area contributed by atoms with Crippen molar-refractivity contribution < 1.29 is 18.3 Å². The van der Waals surface area contributed by atoms with Crippen molar-refractivity contribution in [2.24, 2.45) is 23.5 Å². The normalized spacial score (nSPS) is 31.2. The molecule has 3 N–H and O–H groups in total. The molecule has 7 rings (SSSR count). The average molecular weight is 596 g/mol. The summed E-state index contributed by atoms with van der Waals surface area (Å²) in [6.07, 6.45) is 4.77. The standard InChI is InChI=1S/C32H45N5O4S/c1-20-19-36(24-6-8-25(9-7-24)42(40,41)35(5)31(2,3)4)12-13-37(20)27-11-10-26(29(34-27)30(33)38)28-22-14-21-15-23(28)18-32(39,16-21)17-22/h6-11,20-23,28,39H,12-19H2,1-5H3,(H2,33,38)/t20-,21?,22?,23?,28?,32?/m1/s1. The van der Waals surface area contributed by atoms with E-state index in [0.717, 1.165) is 62.3 Å².